The fourth-order valence-electron chi connectivity index (χ4n) is 0.788. The van der Waals surface area contributed by atoms with Gasteiger partial charge in [0.25, 0.3) is 0 Å². The first-order chi connectivity index (χ1) is 3.43. The van der Waals surface area contributed by atoms with E-state index >= 15 is 0 Å². The summed E-state index contributed by atoms with van der Waals surface area (Å²) in [4.78, 5) is 0. The molecule has 58 valence electrons. The van der Waals surface area contributed by atoms with Gasteiger partial charge >= 0.3 is 0 Å². The van der Waals surface area contributed by atoms with Crippen LogP contribution in [0.15, 0.2) is 0 Å². The van der Waals surface area contributed by atoms with E-state index in [1.807, 2.05) is 0 Å². The fraction of sp³-hybridized carbons (Fsp3) is 1.00. The molecular formula is C5H14Cl2N2. The van der Waals surface area contributed by atoms with Gasteiger partial charge in [-0.15, -0.1) is 24.8 Å². The van der Waals surface area contributed by atoms with Crippen LogP contribution in [0.2, 0.25) is 0 Å². The monoisotopic (exact) mass is 172 g/mol. The quantitative estimate of drug-likeness (QED) is 0.634. The van der Waals surface area contributed by atoms with Crippen molar-refractivity contribution in [3.63, 3.8) is 0 Å². The van der Waals surface area contributed by atoms with Crippen LogP contribution in [-0.4, -0.2) is 19.6 Å². The lowest BCUT2D eigenvalue weighted by molar-refractivity contribution is 0.332. The van der Waals surface area contributed by atoms with Crippen LogP contribution in [-0.2, 0) is 0 Å². The normalized spacial score (nSPS) is 17.0. The largest absolute Gasteiger partial charge is 0.330 e. The van der Waals surface area contributed by atoms with Gasteiger partial charge in [-0.2, -0.15) is 0 Å². The van der Waals surface area contributed by atoms with Crippen molar-refractivity contribution in [3.8, 4) is 0 Å². The van der Waals surface area contributed by atoms with E-state index in [1.165, 1.54) is 19.5 Å². The van der Waals surface area contributed by atoms with Crippen molar-refractivity contribution in [1.29, 1.82) is 0 Å². The summed E-state index contributed by atoms with van der Waals surface area (Å²) in [5.74, 6) is 0.894. The molecule has 1 fully saturated rings. The molecule has 0 aromatic carbocycles. The second-order valence-corrected chi connectivity index (χ2v) is 2.10. The van der Waals surface area contributed by atoms with Gasteiger partial charge in [-0.05, 0) is 32.0 Å². The van der Waals surface area contributed by atoms with Crippen LogP contribution in [0.4, 0.5) is 0 Å². The highest BCUT2D eigenvalue weighted by Gasteiger charge is 2.14. The number of nitrogens with two attached hydrogens (primary N) is 1. The van der Waals surface area contributed by atoms with Crippen LogP contribution in [0.5, 0.6) is 0 Å². The highest BCUT2D eigenvalue weighted by molar-refractivity contribution is 5.85. The Kier molecular flexibility index (Phi) is 8.97. The highest BCUT2D eigenvalue weighted by Crippen LogP contribution is 2.05. The summed E-state index contributed by atoms with van der Waals surface area (Å²) >= 11 is 0. The first-order valence-electron chi connectivity index (χ1n) is 2.84. The minimum Gasteiger partial charge on any atom is -0.330 e. The van der Waals surface area contributed by atoms with E-state index in [0.717, 1.165) is 12.5 Å². The zero-order valence-electron chi connectivity index (χ0n) is 5.30. The number of rotatable bonds is 2. The van der Waals surface area contributed by atoms with Crippen molar-refractivity contribution < 1.29 is 0 Å². The van der Waals surface area contributed by atoms with Crippen molar-refractivity contribution in [2.24, 2.45) is 11.7 Å². The Hall–Kier alpha value is 0.500. The van der Waals surface area contributed by atoms with Gasteiger partial charge < -0.3 is 11.1 Å². The summed E-state index contributed by atoms with van der Waals surface area (Å²) in [7, 11) is 0. The highest BCUT2D eigenvalue weighted by atomic mass is 35.5. The van der Waals surface area contributed by atoms with Gasteiger partial charge in [0.1, 0.15) is 0 Å². The number of nitrogens with one attached hydrogen (secondary N) is 1. The van der Waals surface area contributed by atoms with Crippen LogP contribution in [0.25, 0.3) is 0 Å². The summed E-state index contributed by atoms with van der Waals surface area (Å²) in [6.45, 7) is 3.24. The third-order valence-electron chi connectivity index (χ3n) is 1.44. The van der Waals surface area contributed by atoms with Gasteiger partial charge in [-0.3, -0.25) is 0 Å². The van der Waals surface area contributed by atoms with E-state index in [4.69, 9.17) is 5.73 Å². The number of hydrogen-bond acceptors (Lipinski definition) is 2. The molecule has 0 radical (unpaired) electrons. The summed E-state index contributed by atoms with van der Waals surface area (Å²) in [5.41, 5.74) is 5.31. The maximum atomic E-state index is 5.31. The molecular weight excluding hydrogens is 159 g/mol. The molecule has 9 heavy (non-hydrogen) atoms. The maximum absolute atomic E-state index is 5.31. The Morgan fingerprint density at radius 1 is 1.33 bits per heavy atom. The van der Waals surface area contributed by atoms with Gasteiger partial charge in [-0.25, -0.2) is 0 Å². The predicted octanol–water partition coefficient (Wildman–Crippen LogP) is 0.398. The first-order valence-corrected chi connectivity index (χ1v) is 2.84. The fourth-order valence-corrected chi connectivity index (χ4v) is 0.788. The predicted molar refractivity (Wildman–Crippen MR) is 44.5 cm³/mol. The number of hydrogen-bond donors (Lipinski definition) is 2. The summed E-state index contributed by atoms with van der Waals surface area (Å²) in [5, 5.41) is 3.19. The molecule has 1 rings (SSSR count). The SMILES string of the molecule is Cl.Cl.NCCC1CNC1. The van der Waals surface area contributed by atoms with Crippen LogP contribution >= 0.6 is 24.8 Å². The minimum atomic E-state index is 0. The molecule has 1 aliphatic rings. The van der Waals surface area contributed by atoms with Gasteiger partial charge in [0.05, 0.1) is 0 Å². The van der Waals surface area contributed by atoms with Gasteiger partial charge in [0.2, 0.25) is 0 Å². The van der Waals surface area contributed by atoms with Gasteiger partial charge in [0.15, 0.2) is 0 Å². The van der Waals surface area contributed by atoms with Crippen LogP contribution in [0, 0.1) is 5.92 Å². The lowest BCUT2D eigenvalue weighted by atomic mass is 10.00. The summed E-state index contributed by atoms with van der Waals surface area (Å²) in [6.07, 6.45) is 1.20. The van der Waals surface area contributed by atoms with Crippen LogP contribution < -0.4 is 11.1 Å². The van der Waals surface area contributed by atoms with E-state index in [9.17, 15) is 0 Å². The van der Waals surface area contributed by atoms with E-state index < -0.39 is 0 Å². The van der Waals surface area contributed by atoms with Crippen molar-refractivity contribution in [1.82, 2.24) is 5.32 Å². The summed E-state index contributed by atoms with van der Waals surface area (Å²) in [6, 6.07) is 0. The molecule has 0 spiro atoms. The van der Waals surface area contributed by atoms with E-state index in [0.29, 0.717) is 0 Å². The lowest BCUT2D eigenvalue weighted by Crippen LogP contribution is -2.42. The molecule has 0 aromatic rings. The molecule has 1 heterocycles. The molecule has 1 saturated heterocycles. The Labute approximate surface area is 68.4 Å². The van der Waals surface area contributed by atoms with Gasteiger partial charge in [-0.1, -0.05) is 0 Å². The van der Waals surface area contributed by atoms with E-state index in [1.54, 1.807) is 0 Å². The van der Waals surface area contributed by atoms with Crippen molar-refractivity contribution in [2.45, 2.75) is 6.42 Å². The Bertz CT molecular complexity index is 56.9. The zero-order chi connectivity index (χ0) is 5.11. The first kappa shape index (κ1) is 12.2. The molecule has 1 aliphatic heterocycles. The third kappa shape index (κ3) is 3.98. The van der Waals surface area contributed by atoms with Crippen molar-refractivity contribution in [3.05, 3.63) is 0 Å². The van der Waals surface area contributed by atoms with Crippen LogP contribution in [0.3, 0.4) is 0 Å². The van der Waals surface area contributed by atoms with Crippen LogP contribution in [0.1, 0.15) is 6.42 Å². The molecule has 0 aromatic heterocycles. The minimum absolute atomic E-state index is 0. The van der Waals surface area contributed by atoms with Crippen molar-refractivity contribution in [2.75, 3.05) is 19.6 Å². The second-order valence-electron chi connectivity index (χ2n) is 2.10. The number of halogens is 2. The topological polar surface area (TPSA) is 38.0 Å². The van der Waals surface area contributed by atoms with Gasteiger partial charge in [0, 0.05) is 0 Å². The Balaban J connectivity index is 0. The van der Waals surface area contributed by atoms with E-state index in [-0.39, 0.29) is 24.8 Å². The van der Waals surface area contributed by atoms with Crippen molar-refractivity contribution >= 4 is 24.8 Å². The average Bonchev–Trinajstić information content (AvgIpc) is 1.55. The molecule has 0 unspecified atom stereocenters. The Morgan fingerprint density at radius 2 is 1.89 bits per heavy atom. The third-order valence-corrected chi connectivity index (χ3v) is 1.44. The molecule has 0 amide bonds. The lowest BCUT2D eigenvalue weighted by Gasteiger charge is -2.26. The second kappa shape index (κ2) is 6.62. The maximum Gasteiger partial charge on any atom is -0.000778 e. The average molecular weight is 173 g/mol. The standard InChI is InChI=1S/C5H12N2.2ClH/c6-2-1-5-3-7-4-5;;/h5,7H,1-4,6H2;2*1H. The Morgan fingerprint density at radius 3 is 2.00 bits per heavy atom. The van der Waals surface area contributed by atoms with E-state index in [2.05, 4.69) is 5.32 Å². The molecule has 0 aliphatic carbocycles. The molecule has 3 N–H and O–H groups in total. The smallest absolute Gasteiger partial charge is 0.000778 e. The zero-order valence-corrected chi connectivity index (χ0v) is 6.93. The molecule has 2 nitrogen and oxygen atoms in total. The molecule has 0 atom stereocenters. The molecule has 0 bridgehead atoms. The molecule has 4 heteroatoms. The summed E-state index contributed by atoms with van der Waals surface area (Å²) < 4.78 is 0. The molecule has 0 saturated carbocycles.